The predicted molar refractivity (Wildman–Crippen MR) is 121 cm³/mol. The first-order valence-electron chi connectivity index (χ1n) is 10.8. The van der Waals surface area contributed by atoms with Crippen LogP contribution in [0.1, 0.15) is 50.7 Å². The van der Waals surface area contributed by atoms with Crippen LogP contribution in [0.15, 0.2) is 33.5 Å². The van der Waals surface area contributed by atoms with E-state index < -0.39 is 44.2 Å². The molecule has 0 saturated carbocycles. The number of nitrogens with zero attached hydrogens (tertiary/aromatic N) is 1. The maximum absolute atomic E-state index is 13.6. The summed E-state index contributed by atoms with van der Waals surface area (Å²) in [5.41, 5.74) is -0.639. The molecule has 2 heterocycles. The lowest BCUT2D eigenvalue weighted by molar-refractivity contribution is -0.427. The first-order chi connectivity index (χ1) is 16.1. The van der Waals surface area contributed by atoms with Gasteiger partial charge in [-0.2, -0.15) is 13.2 Å². The second-order valence-corrected chi connectivity index (χ2v) is 10.3. The molecule has 0 saturated heterocycles. The number of hydrogen-bond acceptors (Lipinski definition) is 7. The Morgan fingerprint density at radius 2 is 1.89 bits per heavy atom. The van der Waals surface area contributed by atoms with Gasteiger partial charge in [-0.25, -0.2) is 18.6 Å². The van der Waals surface area contributed by atoms with E-state index in [9.17, 15) is 35.7 Å². The summed E-state index contributed by atoms with van der Waals surface area (Å²) in [4.78, 5) is 25.1. The normalized spacial score (nSPS) is 15.6. The molecule has 1 amide bonds. The summed E-state index contributed by atoms with van der Waals surface area (Å²) >= 11 is 0. The average molecular weight is 518 g/mol. The molecule has 1 aliphatic rings. The Bertz CT molecular complexity index is 1330. The highest BCUT2D eigenvalue weighted by Gasteiger charge is 2.37. The van der Waals surface area contributed by atoms with Crippen molar-refractivity contribution in [2.45, 2.75) is 51.2 Å². The Labute approximate surface area is 199 Å². The molecule has 1 aromatic heterocycles. The van der Waals surface area contributed by atoms with Crippen molar-refractivity contribution in [3.8, 4) is 0 Å². The van der Waals surface area contributed by atoms with Crippen molar-refractivity contribution in [3.05, 3.63) is 45.8 Å². The SMILES string of the molecule is CC1(C)C=C(CS(=O)(=O)[O-])c2cc3c(C(F)(F)F)cc(=O)oc3cc2N1CCCCCC(=O)N[NH3+]. The van der Waals surface area contributed by atoms with E-state index in [1.165, 1.54) is 6.07 Å². The van der Waals surface area contributed by atoms with E-state index in [0.717, 1.165) is 6.07 Å². The Morgan fingerprint density at radius 1 is 1.20 bits per heavy atom. The summed E-state index contributed by atoms with van der Waals surface area (Å²) in [6.45, 7) is 3.96. The third kappa shape index (κ3) is 6.21. The molecule has 0 aliphatic carbocycles. The molecule has 35 heavy (non-hydrogen) atoms. The van der Waals surface area contributed by atoms with E-state index in [-0.39, 0.29) is 22.6 Å². The maximum Gasteiger partial charge on any atom is 0.417 e. The molecule has 4 N–H and O–H groups in total. The largest absolute Gasteiger partial charge is 0.748 e. The zero-order chi connectivity index (χ0) is 26.2. The first kappa shape index (κ1) is 26.7. The summed E-state index contributed by atoms with van der Waals surface area (Å²) < 4.78 is 80.7. The highest BCUT2D eigenvalue weighted by atomic mass is 32.2. The Kier molecular flexibility index (Phi) is 7.34. The first-order valence-corrected chi connectivity index (χ1v) is 12.4. The monoisotopic (exact) mass is 517 g/mol. The van der Waals surface area contributed by atoms with E-state index in [4.69, 9.17) is 4.42 Å². The van der Waals surface area contributed by atoms with Gasteiger partial charge in [-0.3, -0.25) is 10.6 Å². The molecule has 0 spiro atoms. The van der Waals surface area contributed by atoms with Gasteiger partial charge in [0, 0.05) is 41.7 Å². The average Bonchev–Trinajstić information content (AvgIpc) is 2.71. The van der Waals surface area contributed by atoms with Gasteiger partial charge in [0.15, 0.2) is 0 Å². The van der Waals surface area contributed by atoms with E-state index in [2.05, 4.69) is 11.3 Å². The number of nitrogens with one attached hydrogen (secondary N) is 1. The fourth-order valence-electron chi connectivity index (χ4n) is 4.34. The topological polar surface area (TPSA) is 147 Å². The van der Waals surface area contributed by atoms with E-state index in [1.54, 1.807) is 19.9 Å². The number of carbonyl (C=O) groups excluding carboxylic acids is 1. The summed E-state index contributed by atoms with van der Waals surface area (Å²) in [6.07, 6.45) is -1.13. The molecule has 0 atom stereocenters. The van der Waals surface area contributed by atoms with Gasteiger partial charge in [-0.1, -0.05) is 12.5 Å². The number of carbonyl (C=O) groups is 1. The van der Waals surface area contributed by atoms with Crippen molar-refractivity contribution >= 4 is 38.3 Å². The van der Waals surface area contributed by atoms with E-state index in [0.29, 0.717) is 44.0 Å². The third-order valence-electron chi connectivity index (χ3n) is 5.84. The molecule has 1 aromatic carbocycles. The number of quaternary nitrogens is 1. The van der Waals surface area contributed by atoms with Gasteiger partial charge in [0.2, 0.25) is 0 Å². The number of alkyl halides is 3. The number of benzene rings is 1. The highest BCUT2D eigenvalue weighted by Crippen LogP contribution is 2.44. The smallest absolute Gasteiger partial charge is 0.417 e. The number of hydrogen-bond donors (Lipinski definition) is 2. The molecule has 0 fully saturated rings. The van der Waals surface area contributed by atoms with Crippen molar-refractivity contribution in [2.75, 3.05) is 17.2 Å². The van der Waals surface area contributed by atoms with Crippen molar-refractivity contribution in [1.82, 2.24) is 5.43 Å². The van der Waals surface area contributed by atoms with Crippen LogP contribution >= 0.6 is 0 Å². The van der Waals surface area contributed by atoms with Crippen molar-refractivity contribution in [3.63, 3.8) is 0 Å². The third-order valence-corrected chi connectivity index (χ3v) is 6.51. The molecule has 13 heteroatoms. The summed E-state index contributed by atoms with van der Waals surface area (Å²) in [5, 5.41) is -0.413. The number of amides is 1. The highest BCUT2D eigenvalue weighted by molar-refractivity contribution is 7.86. The molecule has 1 aliphatic heterocycles. The van der Waals surface area contributed by atoms with Crippen LogP contribution in [0, 0.1) is 0 Å². The van der Waals surface area contributed by atoms with E-state index >= 15 is 0 Å². The molecule has 0 radical (unpaired) electrons. The van der Waals surface area contributed by atoms with E-state index in [1.807, 2.05) is 4.90 Å². The minimum Gasteiger partial charge on any atom is -0.748 e. The fraction of sp³-hybridized carbons (Fsp3) is 0.455. The van der Waals surface area contributed by atoms with Crippen LogP contribution in [0.25, 0.3) is 16.5 Å². The number of rotatable bonds is 8. The molecule has 192 valence electrons. The van der Waals surface area contributed by atoms with Gasteiger partial charge in [0.25, 0.3) is 5.91 Å². The van der Waals surface area contributed by atoms with Gasteiger partial charge in [-0.15, -0.1) is 0 Å². The molecular weight excluding hydrogens is 491 g/mol. The molecule has 9 nitrogen and oxygen atoms in total. The minimum absolute atomic E-state index is 0.0737. The van der Waals surface area contributed by atoms with Crippen molar-refractivity contribution < 1.29 is 41.2 Å². The lowest BCUT2D eigenvalue weighted by atomic mass is 9.87. The van der Waals surface area contributed by atoms with Gasteiger partial charge >= 0.3 is 11.8 Å². The van der Waals surface area contributed by atoms with Gasteiger partial charge < -0.3 is 13.9 Å². The standard InChI is InChI=1S/C22H26F3N3O6S/c1-21(2)11-13(12-35(31,32)33)14-8-15-16(22(23,24)25)9-20(30)34-18(15)10-17(14)28(21)7-5-3-4-6-19(29)27-26/h8-11H,3-7,12,26H2,1-2H3,(H,27,29)(H,31,32,33). The molecule has 3 rings (SSSR count). The second kappa shape index (κ2) is 9.63. The van der Waals surface area contributed by atoms with Crippen LogP contribution in [0.3, 0.4) is 0 Å². The summed E-state index contributed by atoms with van der Waals surface area (Å²) in [6, 6.07) is 2.74. The Balaban J connectivity index is 2.11. The van der Waals surface area contributed by atoms with Gasteiger partial charge in [0.1, 0.15) is 5.58 Å². The zero-order valence-corrected chi connectivity index (χ0v) is 20.0. The summed E-state index contributed by atoms with van der Waals surface area (Å²) in [5.74, 6) is 2.21. The number of halogens is 3. The number of unbranched alkanes of at least 4 members (excludes halogenated alkanes) is 2. The van der Waals surface area contributed by atoms with Crippen LogP contribution in [0.5, 0.6) is 0 Å². The Hall–Kier alpha value is -2.90. The van der Waals surface area contributed by atoms with Crippen molar-refractivity contribution in [2.24, 2.45) is 0 Å². The lowest BCUT2D eigenvalue weighted by Gasteiger charge is -2.44. The molecule has 0 bridgehead atoms. The van der Waals surface area contributed by atoms with Crippen molar-refractivity contribution in [1.29, 1.82) is 0 Å². The van der Waals surface area contributed by atoms with Gasteiger partial charge in [-0.05, 0) is 38.3 Å². The maximum atomic E-state index is 13.6. The predicted octanol–water partition coefficient (Wildman–Crippen LogP) is 2.17. The molecular formula is C22H26F3N3O6S. The number of fused-ring (bicyclic) bond motifs is 2. The lowest BCUT2D eigenvalue weighted by Crippen LogP contribution is -2.67. The molecule has 0 unspecified atom stereocenters. The van der Waals surface area contributed by atoms with Crippen LogP contribution < -0.4 is 21.8 Å². The minimum atomic E-state index is -4.86. The van der Waals surface area contributed by atoms with Crippen LogP contribution in [-0.4, -0.2) is 36.7 Å². The zero-order valence-electron chi connectivity index (χ0n) is 19.2. The number of anilines is 1. The van der Waals surface area contributed by atoms with Crippen LogP contribution in [0.4, 0.5) is 18.9 Å². The fourth-order valence-corrected chi connectivity index (χ4v) is 4.96. The van der Waals surface area contributed by atoms with Crippen LogP contribution in [-0.2, 0) is 21.1 Å². The second-order valence-electron chi connectivity index (χ2n) is 8.93. The van der Waals surface area contributed by atoms with Gasteiger partial charge in [0.05, 0.1) is 27.0 Å². The summed E-state index contributed by atoms with van der Waals surface area (Å²) in [7, 11) is -4.74. The van der Waals surface area contributed by atoms with Crippen LogP contribution in [0.2, 0.25) is 0 Å². The molecule has 2 aromatic rings. The Morgan fingerprint density at radius 3 is 2.49 bits per heavy atom. The quantitative estimate of drug-likeness (QED) is 0.236.